The molecule has 12 rings (SSSR count). The van der Waals surface area contributed by atoms with E-state index in [-0.39, 0.29) is 49.8 Å². The summed E-state index contributed by atoms with van der Waals surface area (Å²) in [5.74, 6) is -5.89. The van der Waals surface area contributed by atoms with Crippen LogP contribution in [0.5, 0.6) is 23.0 Å². The number of esters is 1. The Morgan fingerprint density at radius 2 is 1.18 bits per heavy atom. The Hall–Kier alpha value is -9.21. The molecule has 2 saturated heterocycles. The maximum absolute atomic E-state index is 15.7. The molecular formula is C72H67NO21S. The standard InChI is InChI=1S/C72H67NO21S/c1-35-26-28-44(29-27-35)95(85,86)94-50-32-43(87-5)31-45-52(50)57(76)47-33-46-53(61(80)55(47)58(45)77)54-48(66(59(46)78)92-72-63(82)68(56(75)38(4)89-72)93-71-62(81)60(79)49(74)34-88-71)30-36(2)51(67(54)90-64(39-18-10-6-11-19-39)40-20-12-7-13-21-40)69(83)73-37(3)70(84)91-65(41-22-14-8-15-23-41)42-24-16-9-17-25-42/h6-33,37-38,49,56,59-60,62-66,68,71-72,74-75,78-82H,34H2,1-5H3,(H,73,83)/t37-,38-,49-,56+,59+,60+,62-,63-,66+,68+,71+,72+/m1/s1. The molecule has 0 radical (unpaired) electrons. The number of hydrogen-bond acceptors (Lipinski definition) is 21. The number of aliphatic hydroxyl groups is 6. The lowest BCUT2D eigenvalue weighted by Crippen LogP contribution is -2.62. The quantitative estimate of drug-likeness (QED) is 0.0310. The van der Waals surface area contributed by atoms with Crippen LogP contribution in [0, 0.1) is 13.8 Å². The van der Waals surface area contributed by atoms with E-state index < -0.39 is 160 Å². The average molecular weight is 1310 g/mol. The van der Waals surface area contributed by atoms with Gasteiger partial charge in [-0.1, -0.05) is 145 Å². The number of aliphatic hydroxyl groups excluding tert-OH is 6. The Balaban J connectivity index is 1.05. The molecule has 2 fully saturated rings. The molecule has 2 aliphatic heterocycles. The first kappa shape index (κ1) is 65.8. The Morgan fingerprint density at radius 3 is 1.76 bits per heavy atom. The molecule has 8 aromatic rings. The topological polar surface area (TPSA) is 330 Å². The first-order valence-electron chi connectivity index (χ1n) is 30.5. The monoisotopic (exact) mass is 1310 g/mol. The predicted octanol–water partition coefficient (Wildman–Crippen LogP) is 7.24. The minimum atomic E-state index is -4.73. The fourth-order valence-corrected chi connectivity index (χ4v) is 13.3. The van der Waals surface area contributed by atoms with Crippen molar-refractivity contribution in [2.75, 3.05) is 13.7 Å². The van der Waals surface area contributed by atoms with E-state index >= 15 is 14.4 Å². The van der Waals surface area contributed by atoms with Crippen LogP contribution in [0.25, 0.3) is 11.1 Å². The molecule has 22 nitrogen and oxygen atoms in total. The SMILES string of the molecule is COc1cc(OS(=O)(=O)c2ccc(C)cc2)c2c(c1)C(=O)c1c(cc3c(c1O)-c1c(cc(C)c(C(=O)N[C@H](C)C(=O)OC(c4ccccc4)c4ccccc4)c1OC(c1ccccc1)c1ccccc1)[C@H](O[C@@H]1O[C@H](C)[C@H](O)[C@H](O[C@@H]4OC[C@@H](O)[C@H](O)[C@H]4O)[C@H]1O)[C@H]3O)C2=O. The van der Waals surface area contributed by atoms with Gasteiger partial charge in [-0.05, 0) is 90.9 Å². The zero-order chi connectivity index (χ0) is 67.3. The van der Waals surface area contributed by atoms with Gasteiger partial charge in [0.2, 0.25) is 0 Å². The van der Waals surface area contributed by atoms with Gasteiger partial charge in [-0.25, -0.2) is 4.79 Å². The number of phenols is 1. The molecule has 23 heteroatoms. The molecule has 0 unspecified atom stereocenters. The number of nitrogens with one attached hydrogen (secondary N) is 1. The second-order valence-electron chi connectivity index (χ2n) is 23.7. The molecule has 0 aromatic heterocycles. The Kier molecular flexibility index (Phi) is 18.6. The third-order valence-corrected chi connectivity index (χ3v) is 18.6. The van der Waals surface area contributed by atoms with Crippen molar-refractivity contribution in [3.63, 3.8) is 0 Å². The summed E-state index contributed by atoms with van der Waals surface area (Å²) in [6.45, 7) is 5.59. The molecule has 8 N–H and O–H groups in total. The molecular weight excluding hydrogens is 1250 g/mol. The fraction of sp³-hybridized carbons (Fsp3) is 0.278. The van der Waals surface area contributed by atoms with Gasteiger partial charge in [-0.2, -0.15) is 8.42 Å². The molecule has 8 aromatic carbocycles. The molecule has 0 spiro atoms. The van der Waals surface area contributed by atoms with E-state index in [2.05, 4.69) is 5.32 Å². The van der Waals surface area contributed by atoms with E-state index in [0.717, 1.165) is 17.7 Å². The van der Waals surface area contributed by atoms with Gasteiger partial charge in [0.25, 0.3) is 5.91 Å². The Bertz CT molecular complexity index is 4250. The van der Waals surface area contributed by atoms with Crippen LogP contribution < -0.4 is 19.0 Å². The first-order chi connectivity index (χ1) is 45.5. The van der Waals surface area contributed by atoms with Gasteiger partial charge in [0.05, 0.1) is 36.5 Å². The Morgan fingerprint density at radius 1 is 0.621 bits per heavy atom. The molecule has 0 saturated carbocycles. The number of ether oxygens (including phenoxy) is 7. The van der Waals surface area contributed by atoms with Gasteiger partial charge in [0.1, 0.15) is 83.1 Å². The normalized spacial score (nSPS) is 23.4. The highest BCUT2D eigenvalue weighted by Gasteiger charge is 2.52. The van der Waals surface area contributed by atoms with E-state index in [9.17, 15) is 49.0 Å². The lowest BCUT2D eigenvalue weighted by atomic mass is 9.74. The summed E-state index contributed by atoms with van der Waals surface area (Å²) in [7, 11) is -3.50. The number of carbonyl (C=O) groups excluding carboxylic acids is 4. The minimum absolute atomic E-state index is 0.0889. The van der Waals surface area contributed by atoms with E-state index in [4.69, 9.17) is 37.3 Å². The molecule has 95 heavy (non-hydrogen) atoms. The molecule has 2 aliphatic carbocycles. The third kappa shape index (κ3) is 12.6. The zero-order valence-electron chi connectivity index (χ0n) is 51.7. The van der Waals surface area contributed by atoms with Gasteiger partial charge in [-0.3, -0.25) is 14.4 Å². The van der Waals surface area contributed by atoms with Crippen LogP contribution in [0.2, 0.25) is 0 Å². The summed E-state index contributed by atoms with van der Waals surface area (Å²) >= 11 is 0. The lowest BCUT2D eigenvalue weighted by Gasteiger charge is -2.46. The smallest absolute Gasteiger partial charge is 0.339 e. The van der Waals surface area contributed by atoms with Crippen LogP contribution in [0.3, 0.4) is 0 Å². The number of hydrogen-bond donors (Lipinski definition) is 8. The number of rotatable bonds is 18. The predicted molar refractivity (Wildman–Crippen MR) is 338 cm³/mol. The average Bonchev–Trinajstić information content (AvgIpc) is 0.703. The number of benzene rings is 8. The minimum Gasteiger partial charge on any atom is -0.506 e. The number of aromatic hydroxyl groups is 1. The lowest BCUT2D eigenvalue weighted by molar-refractivity contribution is -0.353. The zero-order valence-corrected chi connectivity index (χ0v) is 52.5. The maximum Gasteiger partial charge on any atom is 0.339 e. The van der Waals surface area contributed by atoms with Crippen molar-refractivity contribution < 1.29 is 101 Å². The van der Waals surface area contributed by atoms with E-state index in [1.165, 1.54) is 64.3 Å². The number of phenolic OH excluding ortho intramolecular Hbond substituents is 1. The van der Waals surface area contributed by atoms with Crippen molar-refractivity contribution >= 4 is 33.6 Å². The molecule has 0 bridgehead atoms. The summed E-state index contributed by atoms with van der Waals surface area (Å²) < 4.78 is 77.0. The summed E-state index contributed by atoms with van der Waals surface area (Å²) in [5.41, 5.74) is -0.335. The van der Waals surface area contributed by atoms with E-state index in [1.807, 2.05) is 12.1 Å². The van der Waals surface area contributed by atoms with Crippen LogP contribution >= 0.6 is 0 Å². The number of amides is 1. The van der Waals surface area contributed by atoms with Gasteiger partial charge >= 0.3 is 16.1 Å². The highest BCUT2D eigenvalue weighted by molar-refractivity contribution is 7.87. The van der Waals surface area contributed by atoms with Crippen molar-refractivity contribution in [3.05, 3.63) is 242 Å². The van der Waals surface area contributed by atoms with Crippen LogP contribution in [0.4, 0.5) is 0 Å². The third-order valence-electron chi connectivity index (χ3n) is 17.4. The second kappa shape index (κ2) is 26.9. The van der Waals surface area contributed by atoms with E-state index in [1.54, 1.807) is 116 Å². The van der Waals surface area contributed by atoms with Crippen molar-refractivity contribution in [3.8, 4) is 34.1 Å². The van der Waals surface area contributed by atoms with Crippen LogP contribution in [0.15, 0.2) is 175 Å². The number of ketones is 2. The van der Waals surface area contributed by atoms with Crippen molar-refractivity contribution in [2.24, 2.45) is 0 Å². The van der Waals surface area contributed by atoms with Crippen LogP contribution in [0.1, 0.15) is 125 Å². The Labute approximate surface area is 545 Å². The molecule has 492 valence electrons. The molecule has 1 amide bonds. The summed E-state index contributed by atoms with van der Waals surface area (Å²) in [6, 6.07) is 44.7. The first-order valence-corrected chi connectivity index (χ1v) is 31.9. The summed E-state index contributed by atoms with van der Waals surface area (Å²) in [5, 5.41) is 84.7. The van der Waals surface area contributed by atoms with Crippen molar-refractivity contribution in [2.45, 2.75) is 118 Å². The second-order valence-corrected chi connectivity index (χ2v) is 25.3. The molecule has 2 heterocycles. The number of fused-ring (bicyclic) bond motifs is 5. The summed E-state index contributed by atoms with van der Waals surface area (Å²) in [4.78, 5) is 60.8. The number of aryl methyl sites for hydroxylation is 2. The fourth-order valence-electron chi connectivity index (χ4n) is 12.4. The van der Waals surface area contributed by atoms with Gasteiger partial charge < -0.3 is 78.4 Å². The van der Waals surface area contributed by atoms with Gasteiger partial charge in [-0.15, -0.1) is 0 Å². The van der Waals surface area contributed by atoms with Crippen LogP contribution in [-0.4, -0.2) is 143 Å². The van der Waals surface area contributed by atoms with Gasteiger partial charge in [0, 0.05) is 28.3 Å². The summed E-state index contributed by atoms with van der Waals surface area (Å²) in [6.07, 6.45) is -21.4. The largest absolute Gasteiger partial charge is 0.506 e. The van der Waals surface area contributed by atoms with Crippen molar-refractivity contribution in [1.82, 2.24) is 5.32 Å². The van der Waals surface area contributed by atoms with Gasteiger partial charge in [0.15, 0.2) is 36.0 Å². The number of carbonyl (C=O) groups is 4. The highest BCUT2D eigenvalue weighted by Crippen LogP contribution is 2.58. The molecule has 12 atom stereocenters. The van der Waals surface area contributed by atoms with Crippen molar-refractivity contribution in [1.29, 1.82) is 0 Å². The number of methoxy groups -OCH3 is 1. The maximum atomic E-state index is 15.7. The highest BCUT2D eigenvalue weighted by atomic mass is 32.2. The van der Waals surface area contributed by atoms with Crippen LogP contribution in [-0.2, 0) is 38.6 Å². The van der Waals surface area contributed by atoms with E-state index in [0.29, 0.717) is 22.3 Å². The molecule has 4 aliphatic rings.